The molecule has 2 N–H and O–H groups in total. The van der Waals surface area contributed by atoms with Gasteiger partial charge in [0.2, 0.25) is 11.7 Å². The SMILES string of the molecule is COCCCC(N)c1nc(-c2cncn2C)no1. The summed E-state index contributed by atoms with van der Waals surface area (Å²) >= 11 is 0. The highest BCUT2D eigenvalue weighted by molar-refractivity contribution is 5.47. The van der Waals surface area contributed by atoms with Crippen molar-refractivity contribution in [1.29, 1.82) is 0 Å². The van der Waals surface area contributed by atoms with Gasteiger partial charge in [-0.1, -0.05) is 5.16 Å². The molecule has 0 fully saturated rings. The summed E-state index contributed by atoms with van der Waals surface area (Å²) in [7, 11) is 3.54. The summed E-state index contributed by atoms with van der Waals surface area (Å²) in [5, 5.41) is 3.91. The third-order valence-corrected chi connectivity index (χ3v) is 2.67. The molecule has 2 aromatic heterocycles. The van der Waals surface area contributed by atoms with Gasteiger partial charge in [0.25, 0.3) is 0 Å². The number of aryl methyl sites for hydroxylation is 1. The van der Waals surface area contributed by atoms with Crippen LogP contribution in [0.25, 0.3) is 11.5 Å². The Morgan fingerprint density at radius 3 is 3.06 bits per heavy atom. The first kappa shape index (κ1) is 12.7. The van der Waals surface area contributed by atoms with E-state index in [9.17, 15) is 0 Å². The number of nitrogens with zero attached hydrogens (tertiary/aromatic N) is 4. The fourth-order valence-electron chi connectivity index (χ4n) is 1.63. The van der Waals surface area contributed by atoms with Crippen LogP contribution in [0.5, 0.6) is 0 Å². The number of rotatable bonds is 6. The fourth-order valence-corrected chi connectivity index (χ4v) is 1.63. The molecule has 0 saturated carbocycles. The number of hydrogen-bond acceptors (Lipinski definition) is 6. The number of hydrogen-bond donors (Lipinski definition) is 1. The van der Waals surface area contributed by atoms with Crippen LogP contribution < -0.4 is 5.73 Å². The maximum absolute atomic E-state index is 5.97. The van der Waals surface area contributed by atoms with E-state index in [-0.39, 0.29) is 6.04 Å². The zero-order valence-electron chi connectivity index (χ0n) is 10.5. The first-order valence-electron chi connectivity index (χ1n) is 5.77. The van der Waals surface area contributed by atoms with Gasteiger partial charge in [-0.05, 0) is 12.8 Å². The van der Waals surface area contributed by atoms with Gasteiger partial charge in [-0.2, -0.15) is 4.98 Å². The van der Waals surface area contributed by atoms with Gasteiger partial charge in [-0.15, -0.1) is 0 Å². The molecule has 0 aliphatic carbocycles. The van der Waals surface area contributed by atoms with Crippen LogP contribution in [0.3, 0.4) is 0 Å². The molecule has 7 heteroatoms. The molecular weight excluding hydrogens is 234 g/mol. The number of nitrogens with two attached hydrogens (primary N) is 1. The van der Waals surface area contributed by atoms with Crippen molar-refractivity contribution >= 4 is 0 Å². The number of imidazole rings is 1. The van der Waals surface area contributed by atoms with Gasteiger partial charge in [0.15, 0.2) is 0 Å². The van der Waals surface area contributed by atoms with Gasteiger partial charge in [0, 0.05) is 20.8 Å². The topological polar surface area (TPSA) is 92.0 Å². The van der Waals surface area contributed by atoms with Crippen LogP contribution in [0.4, 0.5) is 0 Å². The molecule has 2 rings (SSSR count). The smallest absolute Gasteiger partial charge is 0.243 e. The van der Waals surface area contributed by atoms with Crippen molar-refractivity contribution in [3.8, 4) is 11.5 Å². The molecule has 0 saturated heterocycles. The number of methoxy groups -OCH3 is 1. The Bertz CT molecular complexity index is 493. The average Bonchev–Trinajstić information content (AvgIpc) is 2.97. The number of aromatic nitrogens is 4. The molecule has 0 spiro atoms. The van der Waals surface area contributed by atoms with Gasteiger partial charge < -0.3 is 19.6 Å². The Morgan fingerprint density at radius 2 is 2.39 bits per heavy atom. The third kappa shape index (κ3) is 2.74. The molecule has 0 bridgehead atoms. The van der Waals surface area contributed by atoms with Crippen molar-refractivity contribution in [3.05, 3.63) is 18.4 Å². The van der Waals surface area contributed by atoms with Crippen LogP contribution >= 0.6 is 0 Å². The minimum absolute atomic E-state index is 0.255. The lowest BCUT2D eigenvalue weighted by Gasteiger charge is -2.04. The van der Waals surface area contributed by atoms with E-state index >= 15 is 0 Å². The molecule has 18 heavy (non-hydrogen) atoms. The maximum atomic E-state index is 5.97. The Hall–Kier alpha value is -1.73. The van der Waals surface area contributed by atoms with E-state index in [0.717, 1.165) is 18.5 Å². The van der Waals surface area contributed by atoms with Crippen LogP contribution in [0.2, 0.25) is 0 Å². The van der Waals surface area contributed by atoms with E-state index in [1.165, 1.54) is 0 Å². The van der Waals surface area contributed by atoms with Crippen molar-refractivity contribution in [2.45, 2.75) is 18.9 Å². The minimum atomic E-state index is -0.255. The van der Waals surface area contributed by atoms with Crippen molar-refractivity contribution in [3.63, 3.8) is 0 Å². The lowest BCUT2D eigenvalue weighted by Crippen LogP contribution is -2.11. The van der Waals surface area contributed by atoms with Crippen LogP contribution in [0.1, 0.15) is 24.8 Å². The molecule has 0 aliphatic rings. The van der Waals surface area contributed by atoms with E-state index < -0.39 is 0 Å². The molecule has 98 valence electrons. The first-order valence-corrected chi connectivity index (χ1v) is 5.77. The maximum Gasteiger partial charge on any atom is 0.243 e. The normalized spacial score (nSPS) is 12.8. The third-order valence-electron chi connectivity index (χ3n) is 2.67. The standard InChI is InChI=1S/C11H17N5O2/c1-16-7-13-6-9(16)10-14-11(18-15-10)8(12)4-3-5-17-2/h6-8H,3-5,12H2,1-2H3. The van der Waals surface area contributed by atoms with Crippen molar-refractivity contribution < 1.29 is 9.26 Å². The van der Waals surface area contributed by atoms with Crippen LogP contribution in [-0.4, -0.2) is 33.4 Å². The molecule has 7 nitrogen and oxygen atoms in total. The predicted octanol–water partition coefficient (Wildman–Crippen LogP) is 0.896. The highest BCUT2D eigenvalue weighted by Gasteiger charge is 2.16. The molecule has 0 radical (unpaired) electrons. The summed E-state index contributed by atoms with van der Waals surface area (Å²) in [4.78, 5) is 8.29. The van der Waals surface area contributed by atoms with Crippen molar-refractivity contribution in [1.82, 2.24) is 19.7 Å². The summed E-state index contributed by atoms with van der Waals surface area (Å²) in [6, 6.07) is -0.255. The quantitative estimate of drug-likeness (QED) is 0.767. The van der Waals surface area contributed by atoms with E-state index in [1.807, 2.05) is 11.6 Å². The molecule has 1 unspecified atom stereocenters. The van der Waals surface area contributed by atoms with Crippen LogP contribution in [0, 0.1) is 0 Å². The van der Waals surface area contributed by atoms with Gasteiger partial charge in [0.1, 0.15) is 5.69 Å². The lowest BCUT2D eigenvalue weighted by atomic mass is 10.2. The van der Waals surface area contributed by atoms with E-state index in [1.54, 1.807) is 19.6 Å². The number of ether oxygens (including phenoxy) is 1. The second-order valence-corrected chi connectivity index (χ2v) is 4.09. The predicted molar refractivity (Wildman–Crippen MR) is 64.5 cm³/mol. The van der Waals surface area contributed by atoms with Crippen LogP contribution in [0.15, 0.2) is 17.0 Å². The zero-order valence-corrected chi connectivity index (χ0v) is 10.5. The largest absolute Gasteiger partial charge is 0.385 e. The molecule has 1 atom stereocenters. The Kier molecular flexibility index (Phi) is 4.06. The van der Waals surface area contributed by atoms with E-state index in [0.29, 0.717) is 18.3 Å². The van der Waals surface area contributed by atoms with Gasteiger partial charge in [-0.25, -0.2) is 4.98 Å². The monoisotopic (exact) mass is 251 g/mol. The molecule has 0 aromatic carbocycles. The Morgan fingerprint density at radius 1 is 1.56 bits per heavy atom. The van der Waals surface area contributed by atoms with Gasteiger partial charge >= 0.3 is 0 Å². The molecule has 0 amide bonds. The second kappa shape index (κ2) is 5.74. The van der Waals surface area contributed by atoms with E-state index in [4.69, 9.17) is 15.0 Å². The summed E-state index contributed by atoms with van der Waals surface area (Å²) in [6.45, 7) is 0.677. The molecule has 2 heterocycles. The van der Waals surface area contributed by atoms with Gasteiger partial charge in [0.05, 0.1) is 18.6 Å². The summed E-state index contributed by atoms with van der Waals surface area (Å²) in [5.74, 6) is 0.953. The molecule has 2 aromatic rings. The lowest BCUT2D eigenvalue weighted by molar-refractivity contribution is 0.188. The Labute approximate surface area is 105 Å². The zero-order chi connectivity index (χ0) is 13.0. The molecule has 0 aliphatic heterocycles. The summed E-state index contributed by atoms with van der Waals surface area (Å²) < 4.78 is 12.0. The molecular formula is C11H17N5O2. The summed E-state index contributed by atoms with van der Waals surface area (Å²) in [6.07, 6.45) is 4.98. The first-order chi connectivity index (χ1) is 8.72. The second-order valence-electron chi connectivity index (χ2n) is 4.09. The fraction of sp³-hybridized carbons (Fsp3) is 0.545. The minimum Gasteiger partial charge on any atom is -0.385 e. The summed E-state index contributed by atoms with van der Waals surface area (Å²) in [5.41, 5.74) is 6.77. The van der Waals surface area contributed by atoms with E-state index in [2.05, 4.69) is 15.1 Å². The highest BCUT2D eigenvalue weighted by atomic mass is 16.5. The van der Waals surface area contributed by atoms with Crippen molar-refractivity contribution in [2.24, 2.45) is 12.8 Å². The average molecular weight is 251 g/mol. The van der Waals surface area contributed by atoms with Crippen molar-refractivity contribution in [2.75, 3.05) is 13.7 Å². The highest BCUT2D eigenvalue weighted by Crippen LogP contribution is 2.19. The Balaban J connectivity index is 2.04. The van der Waals surface area contributed by atoms with Gasteiger partial charge in [-0.3, -0.25) is 0 Å². The van der Waals surface area contributed by atoms with Crippen LogP contribution in [-0.2, 0) is 11.8 Å².